The average molecular weight is 504 g/mol. The molecular formula is C27H22FN3O4S. The second-order valence-corrected chi connectivity index (χ2v) is 9.30. The van der Waals surface area contributed by atoms with Gasteiger partial charge in [0.05, 0.1) is 28.4 Å². The summed E-state index contributed by atoms with van der Waals surface area (Å²) in [6.07, 6.45) is 4.97. The quantitative estimate of drug-likeness (QED) is 0.152. The number of thiazole rings is 1. The summed E-state index contributed by atoms with van der Waals surface area (Å²) in [5.74, 6) is -1.88. The zero-order chi connectivity index (χ0) is 25.2. The predicted molar refractivity (Wildman–Crippen MR) is 135 cm³/mol. The molecule has 1 fully saturated rings. The van der Waals surface area contributed by atoms with Crippen LogP contribution in [0.15, 0.2) is 72.6 Å². The lowest BCUT2D eigenvalue weighted by Crippen LogP contribution is -2.29. The molecule has 5 rings (SSSR count). The van der Waals surface area contributed by atoms with Crippen molar-refractivity contribution in [2.45, 2.75) is 25.8 Å². The van der Waals surface area contributed by atoms with E-state index in [1.807, 2.05) is 0 Å². The number of Topliss-reactive ketones (excluding diaryl/α,β-unsaturated/α-hetero) is 1. The van der Waals surface area contributed by atoms with Crippen molar-refractivity contribution >= 4 is 44.1 Å². The minimum atomic E-state index is -0.964. The van der Waals surface area contributed by atoms with E-state index in [0.29, 0.717) is 33.7 Å². The maximum absolute atomic E-state index is 13.8. The van der Waals surface area contributed by atoms with Crippen molar-refractivity contribution in [1.82, 2.24) is 9.97 Å². The number of ketones is 1. The Bertz CT molecular complexity index is 1480. The minimum absolute atomic E-state index is 0.0795. The minimum Gasteiger partial charge on any atom is -0.507 e. The number of aromatic nitrogens is 2. The summed E-state index contributed by atoms with van der Waals surface area (Å²) >= 11 is 1.09. The normalized spacial score (nSPS) is 17.2. The summed E-state index contributed by atoms with van der Waals surface area (Å²) in [6.45, 7) is 2.59. The highest BCUT2D eigenvalue weighted by atomic mass is 32.1. The lowest BCUT2D eigenvalue weighted by Gasteiger charge is -2.22. The molecule has 36 heavy (non-hydrogen) atoms. The molecule has 1 aliphatic rings. The molecule has 182 valence electrons. The average Bonchev–Trinajstić information content (AvgIpc) is 3.42. The molecule has 0 bridgehead atoms. The van der Waals surface area contributed by atoms with Gasteiger partial charge >= 0.3 is 5.91 Å². The number of ether oxygens (including phenoxy) is 1. The fraction of sp³-hybridized carbons (Fsp3) is 0.185. The maximum atomic E-state index is 13.8. The van der Waals surface area contributed by atoms with Crippen molar-refractivity contribution in [3.05, 3.63) is 89.5 Å². The third-order valence-electron chi connectivity index (χ3n) is 5.86. The smallest absolute Gasteiger partial charge is 0.301 e. The molecule has 1 atom stereocenters. The highest BCUT2D eigenvalue weighted by Gasteiger charge is 2.48. The van der Waals surface area contributed by atoms with E-state index in [1.54, 1.807) is 42.6 Å². The fourth-order valence-electron chi connectivity index (χ4n) is 4.10. The number of amides is 1. The molecule has 3 heterocycles. The molecule has 1 unspecified atom stereocenters. The van der Waals surface area contributed by atoms with Crippen LogP contribution in [0.5, 0.6) is 5.75 Å². The van der Waals surface area contributed by atoms with Gasteiger partial charge in [0, 0.05) is 18.0 Å². The number of carbonyl (C=O) groups is 2. The van der Waals surface area contributed by atoms with Gasteiger partial charge in [0.25, 0.3) is 5.78 Å². The van der Waals surface area contributed by atoms with Crippen molar-refractivity contribution in [1.29, 1.82) is 0 Å². The fourth-order valence-corrected chi connectivity index (χ4v) is 5.11. The number of rotatable bonds is 7. The molecule has 0 aliphatic carbocycles. The number of pyridine rings is 1. The van der Waals surface area contributed by atoms with Crippen molar-refractivity contribution in [3.8, 4) is 5.75 Å². The van der Waals surface area contributed by atoms with Gasteiger partial charge in [-0.1, -0.05) is 42.9 Å². The second kappa shape index (κ2) is 9.87. The Morgan fingerprint density at radius 3 is 2.81 bits per heavy atom. The van der Waals surface area contributed by atoms with Gasteiger partial charge < -0.3 is 9.84 Å². The summed E-state index contributed by atoms with van der Waals surface area (Å²) in [6, 6.07) is 13.3. The monoisotopic (exact) mass is 503 g/mol. The van der Waals surface area contributed by atoms with E-state index >= 15 is 0 Å². The number of halogens is 1. The van der Waals surface area contributed by atoms with E-state index in [9.17, 15) is 19.1 Å². The first-order chi connectivity index (χ1) is 17.5. The Morgan fingerprint density at radius 2 is 2.03 bits per heavy atom. The van der Waals surface area contributed by atoms with E-state index in [1.165, 1.54) is 29.3 Å². The van der Waals surface area contributed by atoms with Crippen LogP contribution >= 0.6 is 11.3 Å². The Kier molecular flexibility index (Phi) is 6.47. The number of fused-ring (bicyclic) bond motifs is 1. The lowest BCUT2D eigenvalue weighted by atomic mass is 9.96. The first kappa shape index (κ1) is 23.6. The van der Waals surface area contributed by atoms with Crippen LogP contribution < -0.4 is 9.64 Å². The van der Waals surface area contributed by atoms with Crippen LogP contribution in [0.25, 0.3) is 16.0 Å². The Labute approximate surface area is 210 Å². The van der Waals surface area contributed by atoms with Crippen LogP contribution in [0.3, 0.4) is 0 Å². The number of carbonyl (C=O) groups excluding carboxylic acids is 2. The van der Waals surface area contributed by atoms with E-state index in [-0.39, 0.29) is 16.5 Å². The molecule has 0 radical (unpaired) electrons. The Hall–Kier alpha value is -4.11. The number of aliphatic hydroxyl groups is 1. The van der Waals surface area contributed by atoms with E-state index in [0.717, 1.165) is 24.2 Å². The van der Waals surface area contributed by atoms with Crippen molar-refractivity contribution in [2.75, 3.05) is 11.5 Å². The van der Waals surface area contributed by atoms with Crippen LogP contribution in [0.2, 0.25) is 0 Å². The topological polar surface area (TPSA) is 92.6 Å². The molecule has 2 aromatic heterocycles. The summed E-state index contributed by atoms with van der Waals surface area (Å²) in [5, 5.41) is 11.5. The first-order valence-electron chi connectivity index (χ1n) is 11.5. The largest absolute Gasteiger partial charge is 0.507 e. The number of hydrogen-bond donors (Lipinski definition) is 1. The van der Waals surface area contributed by atoms with E-state index < -0.39 is 23.5 Å². The van der Waals surface area contributed by atoms with Gasteiger partial charge in [0.2, 0.25) is 0 Å². The van der Waals surface area contributed by atoms with Gasteiger partial charge in [-0.3, -0.25) is 19.5 Å². The van der Waals surface area contributed by atoms with Crippen molar-refractivity contribution in [3.63, 3.8) is 0 Å². The number of aliphatic hydroxyl groups excluding tert-OH is 1. The zero-order valence-corrected chi connectivity index (χ0v) is 20.2. The molecule has 1 N–H and O–H groups in total. The highest BCUT2D eigenvalue weighted by molar-refractivity contribution is 7.22. The van der Waals surface area contributed by atoms with Crippen LogP contribution in [0, 0.1) is 5.82 Å². The number of nitrogens with zero attached hydrogens (tertiary/aromatic N) is 3. The molecule has 0 saturated carbocycles. The summed E-state index contributed by atoms with van der Waals surface area (Å²) in [7, 11) is 0. The number of unbranched alkanes of at least 4 members (excludes halogenated alkanes) is 1. The van der Waals surface area contributed by atoms with Crippen LogP contribution in [0.4, 0.5) is 9.52 Å². The van der Waals surface area contributed by atoms with Crippen molar-refractivity contribution in [2.24, 2.45) is 0 Å². The molecular weight excluding hydrogens is 481 g/mol. The number of hydrogen-bond acceptors (Lipinski definition) is 7. The molecule has 0 spiro atoms. The SMILES string of the molecule is CCCCOc1cccc(C(O)=C2C(=O)C(=O)N(c3nc4ccc(F)cc4s3)C2c2cccnc2)c1. The van der Waals surface area contributed by atoms with Gasteiger partial charge in [-0.2, -0.15) is 0 Å². The lowest BCUT2D eigenvalue weighted by molar-refractivity contribution is -0.132. The molecule has 1 amide bonds. The first-order valence-corrected chi connectivity index (χ1v) is 12.3. The second-order valence-electron chi connectivity index (χ2n) is 8.29. The van der Waals surface area contributed by atoms with Crippen LogP contribution in [0.1, 0.15) is 36.9 Å². The number of anilines is 1. The van der Waals surface area contributed by atoms with Crippen LogP contribution in [-0.2, 0) is 9.59 Å². The summed E-state index contributed by atoms with van der Waals surface area (Å²) < 4.78 is 20.1. The summed E-state index contributed by atoms with van der Waals surface area (Å²) in [5.41, 5.74) is 1.30. The van der Waals surface area contributed by atoms with Gasteiger partial charge in [0.15, 0.2) is 5.13 Å². The molecule has 1 aliphatic heterocycles. The van der Waals surface area contributed by atoms with Gasteiger partial charge in [-0.05, 0) is 48.4 Å². The molecule has 2 aromatic carbocycles. The zero-order valence-electron chi connectivity index (χ0n) is 19.3. The molecule has 9 heteroatoms. The number of benzene rings is 2. The van der Waals surface area contributed by atoms with Crippen LogP contribution in [-0.4, -0.2) is 33.4 Å². The highest BCUT2D eigenvalue weighted by Crippen LogP contribution is 2.44. The van der Waals surface area contributed by atoms with E-state index in [4.69, 9.17) is 4.74 Å². The Morgan fingerprint density at radius 1 is 1.17 bits per heavy atom. The van der Waals surface area contributed by atoms with Gasteiger partial charge in [-0.25, -0.2) is 9.37 Å². The maximum Gasteiger partial charge on any atom is 0.301 e. The van der Waals surface area contributed by atoms with Gasteiger partial charge in [-0.15, -0.1) is 0 Å². The third kappa shape index (κ3) is 4.33. The molecule has 7 nitrogen and oxygen atoms in total. The van der Waals surface area contributed by atoms with E-state index in [2.05, 4.69) is 16.9 Å². The summed E-state index contributed by atoms with van der Waals surface area (Å²) in [4.78, 5) is 36.5. The Balaban J connectivity index is 1.63. The molecule has 1 saturated heterocycles. The third-order valence-corrected chi connectivity index (χ3v) is 6.88. The van der Waals surface area contributed by atoms with Crippen molar-refractivity contribution < 1.29 is 23.8 Å². The molecule has 4 aromatic rings. The van der Waals surface area contributed by atoms with Gasteiger partial charge in [0.1, 0.15) is 17.3 Å². The standard InChI is InChI=1S/C27H22FN3O4S/c1-2-3-12-35-19-8-4-6-16(13-19)24(32)22-23(17-7-5-11-29-15-17)31(26(34)25(22)33)27-30-20-10-9-18(28)14-21(20)36-27/h4-11,13-15,23,32H,2-3,12H2,1H3. The predicted octanol–water partition coefficient (Wildman–Crippen LogP) is 5.64.